The van der Waals surface area contributed by atoms with Crippen molar-refractivity contribution in [1.82, 2.24) is 0 Å². The Morgan fingerprint density at radius 2 is 1.55 bits per heavy atom. The molecule has 1 N–H and O–H groups in total. The van der Waals surface area contributed by atoms with E-state index in [1.807, 2.05) is 4.72 Å². The minimum absolute atomic E-state index is 0.469. The van der Waals surface area contributed by atoms with Gasteiger partial charge in [0.05, 0.1) is 17.2 Å². The van der Waals surface area contributed by atoms with Crippen molar-refractivity contribution in [2.45, 2.75) is 4.90 Å². The van der Waals surface area contributed by atoms with Crippen LogP contribution in [0.4, 0.5) is 9.57 Å². The van der Waals surface area contributed by atoms with Crippen molar-refractivity contribution in [1.29, 1.82) is 0 Å². The first kappa shape index (κ1) is 16.9. The van der Waals surface area contributed by atoms with Crippen molar-refractivity contribution in [3.8, 4) is 0 Å². The summed E-state index contributed by atoms with van der Waals surface area (Å²) in [5, 5.41) is 0. The molecular weight excluding hydrogens is 333 g/mol. The van der Waals surface area contributed by atoms with E-state index in [4.69, 9.17) is 0 Å². The number of sulfone groups is 1. The number of hydrogen-bond acceptors (Lipinski definition) is 6. The highest BCUT2D eigenvalue weighted by atomic mass is 32.3. The van der Waals surface area contributed by atoms with Crippen LogP contribution in [-0.4, -0.2) is 43.0 Å². The average molecular weight is 345 g/mol. The minimum Gasteiger partial charge on any atom is -0.282 e. The van der Waals surface area contributed by atoms with Gasteiger partial charge in [-0.3, -0.25) is 4.72 Å². The molecule has 1 aromatic carbocycles. The Hall–Kier alpha value is -1.20. The van der Waals surface area contributed by atoms with Crippen molar-refractivity contribution < 1.29 is 29.1 Å². The number of nitrogens with one attached hydrogen (secondary N) is 1. The Morgan fingerprint density at radius 1 is 1.00 bits per heavy atom. The molecule has 11 heteroatoms. The Balaban J connectivity index is 3.05. The maximum Gasteiger partial charge on any atom is 0.334 e. The predicted molar refractivity (Wildman–Crippen MR) is 71.9 cm³/mol. The zero-order chi connectivity index (χ0) is 15.6. The molecule has 1 aromatic rings. The highest BCUT2D eigenvalue weighted by Gasteiger charge is 2.21. The summed E-state index contributed by atoms with van der Waals surface area (Å²) in [7, 11) is -12.7. The monoisotopic (exact) mass is 345 g/mol. The van der Waals surface area contributed by atoms with Gasteiger partial charge in [-0.1, -0.05) is 12.1 Å². The topological polar surface area (TPSA) is 114 Å². The normalized spacial score (nSPS) is 13.1. The standard InChI is InChI=1S/C9H12FNO6S3/c1-18(12,13)6-7-19(14,15)11-8-4-2-3-5-9(8)20(10,16)17/h2-5,11H,6-7H2,1H3. The maximum absolute atomic E-state index is 13.0. The Bertz CT molecular complexity index is 798. The summed E-state index contributed by atoms with van der Waals surface area (Å²) in [4.78, 5) is -0.831. The number of rotatable bonds is 6. The van der Waals surface area contributed by atoms with Crippen LogP contribution in [0.1, 0.15) is 0 Å². The molecule has 0 heterocycles. The van der Waals surface area contributed by atoms with Crippen LogP contribution in [0, 0.1) is 0 Å². The van der Waals surface area contributed by atoms with Crippen LogP contribution in [0.15, 0.2) is 29.2 Å². The third kappa shape index (κ3) is 5.43. The first-order valence-electron chi connectivity index (χ1n) is 5.13. The summed E-state index contributed by atoms with van der Waals surface area (Å²) in [6.07, 6.45) is 0.864. The Morgan fingerprint density at radius 3 is 2.05 bits per heavy atom. The summed E-state index contributed by atoms with van der Waals surface area (Å²) in [6.45, 7) is 0. The van der Waals surface area contributed by atoms with Gasteiger partial charge in [0.1, 0.15) is 14.7 Å². The summed E-state index contributed by atoms with van der Waals surface area (Å²) < 4.78 is 81.6. The number of halogens is 1. The van der Waals surface area contributed by atoms with Gasteiger partial charge in [-0.25, -0.2) is 16.8 Å². The molecule has 0 amide bonds. The van der Waals surface area contributed by atoms with Gasteiger partial charge in [-0.05, 0) is 12.1 Å². The van der Waals surface area contributed by atoms with E-state index in [0.29, 0.717) is 0 Å². The smallest absolute Gasteiger partial charge is 0.282 e. The molecule has 0 bridgehead atoms. The SMILES string of the molecule is CS(=O)(=O)CCS(=O)(=O)Nc1ccccc1S(=O)(=O)F. The molecule has 0 saturated heterocycles. The first-order valence-corrected chi connectivity index (χ1v) is 10.2. The van der Waals surface area contributed by atoms with Crippen LogP contribution < -0.4 is 4.72 Å². The van der Waals surface area contributed by atoms with Crippen molar-refractivity contribution in [3.63, 3.8) is 0 Å². The predicted octanol–water partition coefficient (Wildman–Crippen LogP) is 0.131. The van der Waals surface area contributed by atoms with Crippen LogP contribution in [0.25, 0.3) is 0 Å². The largest absolute Gasteiger partial charge is 0.334 e. The van der Waals surface area contributed by atoms with Crippen molar-refractivity contribution in [3.05, 3.63) is 24.3 Å². The fraction of sp³-hybridized carbons (Fsp3) is 0.333. The van der Waals surface area contributed by atoms with E-state index in [-0.39, 0.29) is 0 Å². The van der Waals surface area contributed by atoms with Crippen LogP contribution in [0.5, 0.6) is 0 Å². The molecule has 0 fully saturated rings. The average Bonchev–Trinajstić information content (AvgIpc) is 2.24. The maximum atomic E-state index is 13.0. The second kappa shape index (κ2) is 5.66. The second-order valence-electron chi connectivity index (χ2n) is 3.98. The second-order valence-corrected chi connectivity index (χ2v) is 9.40. The van der Waals surface area contributed by atoms with E-state index in [1.54, 1.807) is 0 Å². The van der Waals surface area contributed by atoms with Gasteiger partial charge in [-0.2, -0.15) is 8.42 Å². The van der Waals surface area contributed by atoms with E-state index in [9.17, 15) is 29.1 Å². The van der Waals surface area contributed by atoms with Gasteiger partial charge in [0.25, 0.3) is 0 Å². The zero-order valence-electron chi connectivity index (χ0n) is 10.3. The number of anilines is 1. The van der Waals surface area contributed by atoms with Crippen LogP contribution in [-0.2, 0) is 30.1 Å². The summed E-state index contributed by atoms with van der Waals surface area (Å²) >= 11 is 0. The first-order chi connectivity index (χ1) is 8.91. The summed E-state index contributed by atoms with van der Waals surface area (Å²) in [6, 6.07) is 4.48. The number of para-hydroxylation sites is 1. The molecule has 7 nitrogen and oxygen atoms in total. The molecule has 0 aromatic heterocycles. The molecular formula is C9H12FNO6S3. The minimum atomic E-state index is -5.09. The molecule has 0 aliphatic heterocycles. The van der Waals surface area contributed by atoms with Crippen LogP contribution >= 0.6 is 0 Å². The molecule has 0 saturated carbocycles. The van der Waals surface area contributed by atoms with E-state index >= 15 is 0 Å². The number of hydrogen-bond donors (Lipinski definition) is 1. The van der Waals surface area contributed by atoms with E-state index in [0.717, 1.165) is 18.4 Å². The lowest BCUT2D eigenvalue weighted by atomic mass is 10.3. The molecule has 20 heavy (non-hydrogen) atoms. The molecule has 0 aliphatic carbocycles. The highest BCUT2D eigenvalue weighted by Crippen LogP contribution is 2.23. The third-order valence-corrected chi connectivity index (χ3v) is 5.50. The number of benzene rings is 1. The van der Waals surface area contributed by atoms with Gasteiger partial charge in [0, 0.05) is 6.26 Å². The van der Waals surface area contributed by atoms with Gasteiger partial charge < -0.3 is 0 Å². The Labute approximate surface area is 117 Å². The Kier molecular flexibility index (Phi) is 4.77. The van der Waals surface area contributed by atoms with Gasteiger partial charge >= 0.3 is 10.2 Å². The lowest BCUT2D eigenvalue weighted by molar-refractivity contribution is 0.552. The third-order valence-electron chi connectivity index (χ3n) is 2.14. The molecule has 1 rings (SSSR count). The van der Waals surface area contributed by atoms with Crippen LogP contribution in [0.2, 0.25) is 0 Å². The molecule has 0 spiro atoms. The van der Waals surface area contributed by atoms with Gasteiger partial charge in [0.15, 0.2) is 0 Å². The molecule has 0 unspecified atom stereocenters. The fourth-order valence-corrected chi connectivity index (χ4v) is 4.63. The quantitative estimate of drug-likeness (QED) is 0.733. The van der Waals surface area contributed by atoms with E-state index in [1.165, 1.54) is 12.1 Å². The van der Waals surface area contributed by atoms with E-state index in [2.05, 4.69) is 0 Å². The fourth-order valence-electron chi connectivity index (χ4n) is 1.24. The summed E-state index contributed by atoms with van der Waals surface area (Å²) in [5.74, 6) is -1.39. The van der Waals surface area contributed by atoms with E-state index < -0.39 is 52.2 Å². The molecule has 0 radical (unpaired) electrons. The lowest BCUT2D eigenvalue weighted by Crippen LogP contribution is -2.23. The van der Waals surface area contributed by atoms with Gasteiger partial charge in [-0.15, -0.1) is 3.89 Å². The number of sulfonamides is 1. The van der Waals surface area contributed by atoms with Crippen LogP contribution in [0.3, 0.4) is 0 Å². The highest BCUT2D eigenvalue weighted by molar-refractivity contribution is 7.95. The van der Waals surface area contributed by atoms with Crippen molar-refractivity contribution >= 4 is 35.8 Å². The zero-order valence-corrected chi connectivity index (χ0v) is 12.7. The summed E-state index contributed by atoms with van der Waals surface area (Å²) in [5.41, 5.74) is -0.469. The van der Waals surface area contributed by atoms with Gasteiger partial charge in [0.2, 0.25) is 10.0 Å². The molecule has 0 atom stereocenters. The molecule has 0 aliphatic rings. The molecule has 114 valence electrons. The van der Waals surface area contributed by atoms with Crippen molar-refractivity contribution in [2.75, 3.05) is 22.5 Å². The van der Waals surface area contributed by atoms with Crippen molar-refractivity contribution in [2.24, 2.45) is 0 Å². The lowest BCUT2D eigenvalue weighted by Gasteiger charge is -2.09.